The Morgan fingerprint density at radius 2 is 2.14 bits per heavy atom. The highest BCUT2D eigenvalue weighted by atomic mass is 35.5. The zero-order valence-electron chi connectivity index (χ0n) is 7.49. The standard InChI is InChI=1S/C9H8ClN3O/c1-5-12-13-9(14-5)7-4-6(11)2-3-8(7)10/h2-4H,11H2,1H3. The van der Waals surface area contributed by atoms with Crippen LogP contribution >= 0.6 is 11.6 Å². The summed E-state index contributed by atoms with van der Waals surface area (Å²) in [6.07, 6.45) is 0. The number of aryl methyl sites for hydroxylation is 1. The highest BCUT2D eigenvalue weighted by Gasteiger charge is 2.10. The number of hydrogen-bond donors (Lipinski definition) is 1. The summed E-state index contributed by atoms with van der Waals surface area (Å²) in [4.78, 5) is 0. The minimum Gasteiger partial charge on any atom is -0.421 e. The molecule has 14 heavy (non-hydrogen) atoms. The van der Waals surface area contributed by atoms with Crippen LogP contribution in [0.4, 0.5) is 5.69 Å². The van der Waals surface area contributed by atoms with Gasteiger partial charge in [-0.15, -0.1) is 10.2 Å². The molecule has 2 aromatic rings. The molecule has 0 aliphatic carbocycles. The zero-order valence-corrected chi connectivity index (χ0v) is 8.25. The van der Waals surface area contributed by atoms with Crippen LogP contribution in [-0.2, 0) is 0 Å². The number of hydrogen-bond acceptors (Lipinski definition) is 4. The van der Waals surface area contributed by atoms with Crippen LogP contribution in [0.15, 0.2) is 22.6 Å². The molecule has 4 nitrogen and oxygen atoms in total. The van der Waals surface area contributed by atoms with Gasteiger partial charge in [0, 0.05) is 12.6 Å². The number of benzene rings is 1. The lowest BCUT2D eigenvalue weighted by atomic mass is 10.2. The molecule has 2 rings (SSSR count). The lowest BCUT2D eigenvalue weighted by Gasteiger charge is -1.99. The van der Waals surface area contributed by atoms with Crippen molar-refractivity contribution in [1.29, 1.82) is 0 Å². The van der Waals surface area contributed by atoms with Gasteiger partial charge in [-0.25, -0.2) is 0 Å². The van der Waals surface area contributed by atoms with E-state index in [0.717, 1.165) is 0 Å². The van der Waals surface area contributed by atoms with E-state index in [-0.39, 0.29) is 0 Å². The highest BCUT2D eigenvalue weighted by molar-refractivity contribution is 6.33. The molecule has 0 aliphatic rings. The highest BCUT2D eigenvalue weighted by Crippen LogP contribution is 2.28. The van der Waals surface area contributed by atoms with Gasteiger partial charge in [0.05, 0.1) is 10.6 Å². The Hall–Kier alpha value is -1.55. The van der Waals surface area contributed by atoms with Crippen molar-refractivity contribution in [3.8, 4) is 11.5 Å². The first-order valence-electron chi connectivity index (χ1n) is 4.02. The van der Waals surface area contributed by atoms with Crippen molar-refractivity contribution in [3.05, 3.63) is 29.1 Å². The van der Waals surface area contributed by atoms with Crippen LogP contribution in [-0.4, -0.2) is 10.2 Å². The predicted octanol–water partition coefficient (Wildman–Crippen LogP) is 2.28. The number of nitrogens with two attached hydrogens (primary N) is 1. The fourth-order valence-electron chi connectivity index (χ4n) is 1.11. The quantitative estimate of drug-likeness (QED) is 0.732. The Labute approximate surface area is 85.7 Å². The van der Waals surface area contributed by atoms with Gasteiger partial charge in [-0.2, -0.15) is 0 Å². The maximum atomic E-state index is 5.96. The molecule has 0 bridgehead atoms. The van der Waals surface area contributed by atoms with Gasteiger partial charge in [-0.05, 0) is 18.2 Å². The van der Waals surface area contributed by atoms with E-state index in [9.17, 15) is 0 Å². The van der Waals surface area contributed by atoms with E-state index >= 15 is 0 Å². The average Bonchev–Trinajstić information content (AvgIpc) is 2.56. The minimum atomic E-state index is 0.389. The molecule has 0 saturated heterocycles. The van der Waals surface area contributed by atoms with E-state index in [4.69, 9.17) is 21.8 Å². The van der Waals surface area contributed by atoms with E-state index in [1.807, 2.05) is 0 Å². The van der Waals surface area contributed by atoms with Gasteiger partial charge in [0.1, 0.15) is 0 Å². The summed E-state index contributed by atoms with van der Waals surface area (Å²) in [5.74, 6) is 0.887. The van der Waals surface area contributed by atoms with Crippen LogP contribution in [0.3, 0.4) is 0 Å². The fraction of sp³-hybridized carbons (Fsp3) is 0.111. The normalized spacial score (nSPS) is 10.4. The molecule has 1 aromatic heterocycles. The van der Waals surface area contributed by atoms with Crippen LogP contribution in [0.5, 0.6) is 0 Å². The molecule has 0 atom stereocenters. The smallest absolute Gasteiger partial charge is 0.249 e. The summed E-state index contributed by atoms with van der Waals surface area (Å²) in [7, 11) is 0. The summed E-state index contributed by atoms with van der Waals surface area (Å²) >= 11 is 5.96. The van der Waals surface area contributed by atoms with Gasteiger partial charge < -0.3 is 10.2 Å². The lowest BCUT2D eigenvalue weighted by Crippen LogP contribution is -1.86. The maximum absolute atomic E-state index is 5.96. The number of aromatic nitrogens is 2. The van der Waals surface area contributed by atoms with Gasteiger partial charge in [0.2, 0.25) is 11.8 Å². The molecule has 0 saturated carbocycles. The van der Waals surface area contributed by atoms with Crippen molar-refractivity contribution in [1.82, 2.24) is 10.2 Å². The molecule has 2 N–H and O–H groups in total. The van der Waals surface area contributed by atoms with Crippen molar-refractivity contribution in [2.45, 2.75) is 6.92 Å². The second kappa shape index (κ2) is 3.31. The van der Waals surface area contributed by atoms with Gasteiger partial charge >= 0.3 is 0 Å². The molecule has 1 aromatic carbocycles. The Kier molecular flexibility index (Phi) is 2.13. The Morgan fingerprint density at radius 3 is 2.79 bits per heavy atom. The lowest BCUT2D eigenvalue weighted by molar-refractivity contribution is 0.533. The molecule has 0 aliphatic heterocycles. The molecular formula is C9H8ClN3O. The average molecular weight is 210 g/mol. The number of nitrogen functional groups attached to an aromatic ring is 1. The fourth-order valence-corrected chi connectivity index (χ4v) is 1.31. The van der Waals surface area contributed by atoms with E-state index in [1.165, 1.54) is 0 Å². The molecular weight excluding hydrogens is 202 g/mol. The van der Waals surface area contributed by atoms with E-state index in [1.54, 1.807) is 25.1 Å². The molecule has 0 unspecified atom stereocenters. The van der Waals surface area contributed by atoms with Crippen LogP contribution in [0.2, 0.25) is 5.02 Å². The predicted molar refractivity (Wildman–Crippen MR) is 53.9 cm³/mol. The Balaban J connectivity index is 2.55. The van der Waals surface area contributed by atoms with E-state index < -0.39 is 0 Å². The molecule has 5 heteroatoms. The first-order valence-corrected chi connectivity index (χ1v) is 4.40. The number of nitrogens with zero attached hydrogens (tertiary/aromatic N) is 2. The Bertz CT molecular complexity index is 467. The van der Waals surface area contributed by atoms with Gasteiger partial charge in [-0.1, -0.05) is 11.6 Å². The largest absolute Gasteiger partial charge is 0.421 e. The zero-order chi connectivity index (χ0) is 10.1. The van der Waals surface area contributed by atoms with Crippen LogP contribution in [0, 0.1) is 6.92 Å². The first kappa shape index (κ1) is 9.02. The van der Waals surface area contributed by atoms with Crippen molar-refractivity contribution >= 4 is 17.3 Å². The SMILES string of the molecule is Cc1nnc(-c2cc(N)ccc2Cl)o1. The monoisotopic (exact) mass is 209 g/mol. The molecule has 0 amide bonds. The van der Waals surface area contributed by atoms with E-state index in [0.29, 0.717) is 28.1 Å². The molecule has 0 fully saturated rings. The summed E-state index contributed by atoms with van der Waals surface area (Å²) in [5.41, 5.74) is 6.89. The summed E-state index contributed by atoms with van der Waals surface area (Å²) in [6, 6.07) is 5.12. The summed E-state index contributed by atoms with van der Waals surface area (Å²) < 4.78 is 5.24. The van der Waals surface area contributed by atoms with Crippen molar-refractivity contribution in [3.63, 3.8) is 0 Å². The topological polar surface area (TPSA) is 64.9 Å². The van der Waals surface area contributed by atoms with Gasteiger partial charge in [0.25, 0.3) is 0 Å². The van der Waals surface area contributed by atoms with Gasteiger partial charge in [0.15, 0.2) is 0 Å². The van der Waals surface area contributed by atoms with Crippen molar-refractivity contribution in [2.24, 2.45) is 0 Å². The number of anilines is 1. The second-order valence-electron chi connectivity index (χ2n) is 2.87. The van der Waals surface area contributed by atoms with Crippen LogP contribution in [0.1, 0.15) is 5.89 Å². The number of halogens is 1. The first-order chi connectivity index (χ1) is 6.66. The van der Waals surface area contributed by atoms with E-state index in [2.05, 4.69) is 10.2 Å². The second-order valence-corrected chi connectivity index (χ2v) is 3.27. The summed E-state index contributed by atoms with van der Waals surface area (Å²) in [6.45, 7) is 1.72. The van der Waals surface area contributed by atoms with Crippen molar-refractivity contribution < 1.29 is 4.42 Å². The van der Waals surface area contributed by atoms with Gasteiger partial charge in [-0.3, -0.25) is 0 Å². The van der Waals surface area contributed by atoms with Crippen LogP contribution in [0.25, 0.3) is 11.5 Å². The van der Waals surface area contributed by atoms with Crippen molar-refractivity contribution in [2.75, 3.05) is 5.73 Å². The van der Waals surface area contributed by atoms with Crippen LogP contribution < -0.4 is 5.73 Å². The molecule has 1 heterocycles. The molecule has 72 valence electrons. The minimum absolute atomic E-state index is 0.389. The summed E-state index contributed by atoms with van der Waals surface area (Å²) in [5, 5.41) is 8.12. The molecule has 0 spiro atoms. The maximum Gasteiger partial charge on any atom is 0.249 e. The molecule has 0 radical (unpaired) electrons. The Morgan fingerprint density at radius 1 is 1.36 bits per heavy atom. The third-order valence-corrected chi connectivity index (χ3v) is 2.08. The third kappa shape index (κ3) is 1.56. The third-order valence-electron chi connectivity index (χ3n) is 1.75. The number of rotatable bonds is 1.